The monoisotopic (exact) mass is 433 g/mol. The number of nitrogens with one attached hydrogen (secondary N) is 1. The molecule has 7 heteroatoms. The number of hydrogen-bond acceptors (Lipinski definition) is 4. The van der Waals surface area contributed by atoms with Crippen LogP contribution in [0.5, 0.6) is 5.75 Å². The third-order valence-electron chi connectivity index (χ3n) is 6.30. The highest BCUT2D eigenvalue weighted by Crippen LogP contribution is 2.33. The van der Waals surface area contributed by atoms with Gasteiger partial charge < -0.3 is 24.3 Å². The number of hydrogen-bond donors (Lipinski definition) is 1. The maximum absolute atomic E-state index is 13.2. The van der Waals surface area contributed by atoms with Gasteiger partial charge in [-0.15, -0.1) is 0 Å². The molecule has 0 aliphatic carbocycles. The van der Waals surface area contributed by atoms with Crippen molar-refractivity contribution in [1.82, 2.24) is 9.88 Å². The fraction of sp³-hybridized carbons (Fsp3) is 0.360. The van der Waals surface area contributed by atoms with E-state index in [1.165, 1.54) is 10.9 Å². The molecule has 166 valence electrons. The second kappa shape index (κ2) is 8.67. The maximum atomic E-state index is 13.2. The van der Waals surface area contributed by atoms with Crippen LogP contribution >= 0.6 is 0 Å². The number of aromatic amines is 1. The largest absolute Gasteiger partial charge is 0.479 e. The molecule has 2 aliphatic rings. The molecule has 2 amide bonds. The number of H-pyrrole nitrogens is 1. The van der Waals surface area contributed by atoms with Crippen LogP contribution in [0, 0.1) is 0 Å². The molecule has 1 aromatic heterocycles. The minimum Gasteiger partial charge on any atom is -0.479 e. The van der Waals surface area contributed by atoms with Crippen LogP contribution in [-0.2, 0) is 20.7 Å². The normalized spacial score (nSPS) is 20.8. The number of aromatic nitrogens is 1. The van der Waals surface area contributed by atoms with E-state index in [2.05, 4.69) is 17.1 Å². The van der Waals surface area contributed by atoms with Crippen LogP contribution in [0.25, 0.3) is 10.9 Å². The summed E-state index contributed by atoms with van der Waals surface area (Å²) in [5.41, 5.74) is 3.00. The zero-order valence-corrected chi connectivity index (χ0v) is 18.1. The Kier molecular flexibility index (Phi) is 5.57. The molecule has 1 N–H and O–H groups in total. The Morgan fingerprint density at radius 1 is 1.16 bits per heavy atom. The Labute approximate surface area is 186 Å². The van der Waals surface area contributed by atoms with E-state index in [-0.39, 0.29) is 24.3 Å². The average Bonchev–Trinajstić information content (AvgIpc) is 3.22. The molecule has 5 rings (SSSR count). The number of para-hydroxylation sites is 3. The number of morpholine rings is 1. The molecular formula is C25H27N3O4. The van der Waals surface area contributed by atoms with Crippen molar-refractivity contribution in [2.75, 3.05) is 31.2 Å². The SMILES string of the molecule is C[C@@H]1Oc2ccccc2N(CCC(=O)N2CCOC[C@H]2Cc2c[nH]c3ccccc23)C1=O. The predicted octanol–water partition coefficient (Wildman–Crippen LogP) is 3.14. The molecule has 0 bridgehead atoms. The van der Waals surface area contributed by atoms with E-state index in [0.717, 1.165) is 17.6 Å². The summed E-state index contributed by atoms with van der Waals surface area (Å²) < 4.78 is 11.4. The highest BCUT2D eigenvalue weighted by molar-refractivity contribution is 6.00. The van der Waals surface area contributed by atoms with Crippen LogP contribution in [0.4, 0.5) is 5.69 Å². The van der Waals surface area contributed by atoms with Crippen LogP contribution < -0.4 is 9.64 Å². The summed E-state index contributed by atoms with van der Waals surface area (Å²) in [6.45, 7) is 3.69. The van der Waals surface area contributed by atoms with Crippen LogP contribution in [0.15, 0.2) is 54.7 Å². The average molecular weight is 434 g/mol. The van der Waals surface area contributed by atoms with Gasteiger partial charge >= 0.3 is 0 Å². The zero-order chi connectivity index (χ0) is 22.1. The Morgan fingerprint density at radius 2 is 1.97 bits per heavy atom. The van der Waals surface area contributed by atoms with E-state index >= 15 is 0 Å². The highest BCUT2D eigenvalue weighted by Gasteiger charge is 2.33. The highest BCUT2D eigenvalue weighted by atomic mass is 16.5. The summed E-state index contributed by atoms with van der Waals surface area (Å²) in [5, 5.41) is 1.18. The summed E-state index contributed by atoms with van der Waals surface area (Å²) in [4.78, 5) is 32.9. The maximum Gasteiger partial charge on any atom is 0.267 e. The number of amides is 2. The lowest BCUT2D eigenvalue weighted by atomic mass is 10.0. The molecule has 3 aromatic rings. The van der Waals surface area contributed by atoms with Crippen molar-refractivity contribution in [3.8, 4) is 5.75 Å². The Balaban J connectivity index is 1.29. The first-order chi connectivity index (χ1) is 15.6. The van der Waals surface area contributed by atoms with Gasteiger partial charge in [-0.1, -0.05) is 30.3 Å². The molecule has 0 radical (unpaired) electrons. The summed E-state index contributed by atoms with van der Waals surface area (Å²) in [6, 6.07) is 15.6. The van der Waals surface area contributed by atoms with E-state index in [1.807, 2.05) is 47.5 Å². The molecule has 0 saturated carbocycles. The number of rotatable bonds is 5. The van der Waals surface area contributed by atoms with Crippen molar-refractivity contribution >= 4 is 28.4 Å². The Bertz CT molecular complexity index is 1140. The Morgan fingerprint density at radius 3 is 2.88 bits per heavy atom. The van der Waals surface area contributed by atoms with Crippen molar-refractivity contribution in [3.05, 3.63) is 60.3 Å². The van der Waals surface area contributed by atoms with Gasteiger partial charge in [-0.3, -0.25) is 9.59 Å². The minimum atomic E-state index is -0.557. The van der Waals surface area contributed by atoms with Crippen molar-refractivity contribution in [1.29, 1.82) is 0 Å². The molecule has 2 aromatic carbocycles. The molecule has 32 heavy (non-hydrogen) atoms. The summed E-state index contributed by atoms with van der Waals surface area (Å²) in [7, 11) is 0. The summed E-state index contributed by atoms with van der Waals surface area (Å²) >= 11 is 0. The number of fused-ring (bicyclic) bond motifs is 2. The summed E-state index contributed by atoms with van der Waals surface area (Å²) in [6.07, 6.45) is 2.45. The van der Waals surface area contributed by atoms with Gasteiger partial charge in [0.05, 0.1) is 24.9 Å². The van der Waals surface area contributed by atoms with Gasteiger partial charge in [-0.25, -0.2) is 0 Å². The van der Waals surface area contributed by atoms with Crippen molar-refractivity contribution in [2.24, 2.45) is 0 Å². The van der Waals surface area contributed by atoms with Gasteiger partial charge in [-0.05, 0) is 37.1 Å². The third kappa shape index (κ3) is 3.84. The Hall–Kier alpha value is -3.32. The van der Waals surface area contributed by atoms with E-state index in [1.54, 1.807) is 11.8 Å². The van der Waals surface area contributed by atoms with Gasteiger partial charge in [0.2, 0.25) is 5.91 Å². The number of anilines is 1. The topological polar surface area (TPSA) is 74.9 Å². The second-order valence-electron chi connectivity index (χ2n) is 8.35. The van der Waals surface area contributed by atoms with Crippen LogP contribution in [-0.4, -0.2) is 60.1 Å². The van der Waals surface area contributed by atoms with Gasteiger partial charge in [0.15, 0.2) is 6.10 Å². The van der Waals surface area contributed by atoms with Gasteiger partial charge in [-0.2, -0.15) is 0 Å². The molecule has 7 nitrogen and oxygen atoms in total. The molecule has 1 fully saturated rings. The van der Waals surface area contributed by atoms with Crippen molar-refractivity contribution in [2.45, 2.75) is 31.9 Å². The first-order valence-corrected chi connectivity index (χ1v) is 11.1. The molecule has 3 heterocycles. The second-order valence-corrected chi connectivity index (χ2v) is 8.35. The molecular weight excluding hydrogens is 406 g/mol. The fourth-order valence-electron chi connectivity index (χ4n) is 4.65. The first kappa shape index (κ1) is 20.6. The van der Waals surface area contributed by atoms with E-state index < -0.39 is 6.10 Å². The number of benzene rings is 2. The number of ether oxygens (including phenoxy) is 2. The van der Waals surface area contributed by atoms with E-state index in [4.69, 9.17) is 9.47 Å². The van der Waals surface area contributed by atoms with Gasteiger partial charge in [0, 0.05) is 36.6 Å². The van der Waals surface area contributed by atoms with Crippen LogP contribution in [0.1, 0.15) is 18.9 Å². The van der Waals surface area contributed by atoms with Crippen LogP contribution in [0.2, 0.25) is 0 Å². The van der Waals surface area contributed by atoms with Crippen LogP contribution in [0.3, 0.4) is 0 Å². The number of carbonyl (C=O) groups excluding carboxylic acids is 2. The standard InChI is InChI=1S/C25H27N3O4/c1-17-25(30)28(22-8-4-5-9-23(22)32-17)11-10-24(29)27-12-13-31-16-19(27)14-18-15-26-21-7-3-2-6-20(18)21/h2-9,15,17,19,26H,10-14,16H2,1H3/t17-,19+/m0/s1. The van der Waals surface area contributed by atoms with Gasteiger partial charge in [0.25, 0.3) is 5.91 Å². The first-order valence-electron chi connectivity index (χ1n) is 11.1. The lowest BCUT2D eigenvalue weighted by Gasteiger charge is -2.37. The van der Waals surface area contributed by atoms with E-state index in [9.17, 15) is 9.59 Å². The summed E-state index contributed by atoms with van der Waals surface area (Å²) in [5.74, 6) is 0.604. The van der Waals surface area contributed by atoms with E-state index in [0.29, 0.717) is 32.1 Å². The number of nitrogens with zero attached hydrogens (tertiary/aromatic N) is 2. The predicted molar refractivity (Wildman–Crippen MR) is 122 cm³/mol. The van der Waals surface area contributed by atoms with Crippen molar-refractivity contribution < 1.29 is 19.1 Å². The molecule has 0 spiro atoms. The molecule has 2 atom stereocenters. The quantitative estimate of drug-likeness (QED) is 0.671. The lowest BCUT2D eigenvalue weighted by Crippen LogP contribution is -2.51. The van der Waals surface area contributed by atoms with Gasteiger partial charge in [0.1, 0.15) is 5.75 Å². The molecule has 0 unspecified atom stereocenters. The molecule has 2 aliphatic heterocycles. The fourth-order valence-corrected chi connectivity index (χ4v) is 4.65. The van der Waals surface area contributed by atoms with Crippen molar-refractivity contribution in [3.63, 3.8) is 0 Å². The lowest BCUT2D eigenvalue weighted by molar-refractivity contribution is -0.139. The molecule has 1 saturated heterocycles. The third-order valence-corrected chi connectivity index (χ3v) is 6.30. The number of carbonyl (C=O) groups is 2. The minimum absolute atomic E-state index is 0.0259. The smallest absolute Gasteiger partial charge is 0.267 e. The zero-order valence-electron chi connectivity index (χ0n) is 18.1.